The maximum Gasteiger partial charge on any atom is 0.340 e. The van der Waals surface area contributed by atoms with Crippen LogP contribution in [0, 0.1) is 27.7 Å². The second kappa shape index (κ2) is 14.6. The average molecular weight is 793 g/mol. The van der Waals surface area contributed by atoms with Crippen molar-refractivity contribution in [1.82, 2.24) is 0 Å². The lowest BCUT2D eigenvalue weighted by Gasteiger charge is -2.38. The molecule has 4 aromatic carbocycles. The fraction of sp³-hybridized carbons (Fsp3) is 0.235. The molecule has 1 heterocycles. The Bertz CT molecular complexity index is 2350. The Morgan fingerprint density at radius 1 is 0.481 bits per heavy atom. The molecule has 0 N–H and O–H groups in total. The molecule has 276 valence electrons. The highest BCUT2D eigenvalue weighted by Crippen LogP contribution is 2.34. The monoisotopic (exact) mass is 792 g/mol. The molecule has 4 unspecified atom stereocenters. The van der Waals surface area contributed by atoms with E-state index in [-0.39, 0.29) is 0 Å². The van der Waals surface area contributed by atoms with E-state index in [9.17, 15) is 43.3 Å². The summed E-state index contributed by atoms with van der Waals surface area (Å²) in [4.78, 5) is 25.4. The van der Waals surface area contributed by atoms with Crippen molar-refractivity contribution in [2.45, 2.75) is 71.7 Å². The van der Waals surface area contributed by atoms with Crippen LogP contribution in [0.4, 0.5) is 0 Å². The van der Waals surface area contributed by atoms with Gasteiger partial charge in [0, 0.05) is 0 Å². The number of hydrogen-bond acceptors (Lipinski definition) is 14. The van der Waals surface area contributed by atoms with Gasteiger partial charge in [0.15, 0.2) is 6.10 Å². The van der Waals surface area contributed by atoms with Crippen molar-refractivity contribution in [3.05, 3.63) is 119 Å². The average Bonchev–Trinajstić information content (AvgIpc) is 3.07. The zero-order valence-corrected chi connectivity index (χ0v) is 31.2. The zero-order valence-electron chi connectivity index (χ0n) is 27.9. The molecule has 0 aliphatic carbocycles. The van der Waals surface area contributed by atoms with E-state index in [0.717, 1.165) is 48.5 Å². The van der Waals surface area contributed by atoms with Gasteiger partial charge in [-0.2, -0.15) is 25.3 Å². The minimum atomic E-state index is -5.12. The molecule has 0 bridgehead atoms. The van der Waals surface area contributed by atoms with Crippen LogP contribution >= 0.6 is 0 Å². The predicted molar refractivity (Wildman–Crippen MR) is 183 cm³/mol. The molecule has 5 rings (SSSR count). The van der Waals surface area contributed by atoms with Crippen LogP contribution in [0.5, 0.6) is 0 Å². The van der Waals surface area contributed by atoms with Crippen molar-refractivity contribution < 1.29 is 60.5 Å². The summed E-state index contributed by atoms with van der Waals surface area (Å²) in [5, 5.41) is -1.92. The second-order valence-corrected chi connectivity index (χ2v) is 18.5. The highest BCUT2D eigenvalue weighted by Gasteiger charge is 2.58. The molecule has 0 spiro atoms. The van der Waals surface area contributed by atoms with Gasteiger partial charge in [-0.3, -0.25) is 13.2 Å². The maximum atomic E-state index is 13.9. The summed E-state index contributed by atoms with van der Waals surface area (Å²) < 4.78 is 130. The first kappa shape index (κ1) is 38.9. The fourth-order valence-corrected chi connectivity index (χ4v) is 9.34. The summed E-state index contributed by atoms with van der Waals surface area (Å²) in [5.41, 5.74) is 2.52. The lowest BCUT2D eigenvalue weighted by Crippen LogP contribution is -2.62. The molecule has 1 aliphatic rings. The summed E-state index contributed by atoms with van der Waals surface area (Å²) >= 11 is 0. The van der Waals surface area contributed by atoms with Crippen molar-refractivity contribution in [2.24, 2.45) is 0 Å². The number of benzene rings is 4. The van der Waals surface area contributed by atoms with Crippen LogP contribution in [-0.4, -0.2) is 69.2 Å². The van der Waals surface area contributed by atoms with E-state index in [4.69, 9.17) is 17.3 Å². The first-order valence-corrected chi connectivity index (χ1v) is 21.0. The van der Waals surface area contributed by atoms with Gasteiger partial charge in [0.2, 0.25) is 22.0 Å². The third-order valence-electron chi connectivity index (χ3n) is 7.86. The van der Waals surface area contributed by atoms with Crippen molar-refractivity contribution in [1.29, 1.82) is 0 Å². The summed E-state index contributed by atoms with van der Waals surface area (Å²) in [6.45, 7) is 6.60. The number of ether oxygens (including phenoxy) is 1. The maximum absolute atomic E-state index is 13.9. The molecule has 18 heteroatoms. The van der Waals surface area contributed by atoms with Crippen molar-refractivity contribution in [3.8, 4) is 0 Å². The van der Waals surface area contributed by atoms with E-state index in [1.807, 2.05) is 0 Å². The van der Waals surface area contributed by atoms with Crippen molar-refractivity contribution in [2.75, 3.05) is 0 Å². The highest BCUT2D eigenvalue weighted by atomic mass is 32.2. The minimum Gasteiger partial charge on any atom is -0.448 e. The molecular weight excluding hydrogens is 761 g/mol. The lowest BCUT2D eigenvalue weighted by molar-refractivity contribution is -0.190. The molecule has 52 heavy (non-hydrogen) atoms. The van der Waals surface area contributed by atoms with E-state index in [0.29, 0.717) is 22.3 Å². The Kier molecular flexibility index (Phi) is 10.9. The van der Waals surface area contributed by atoms with E-state index in [1.54, 1.807) is 27.7 Å². The molecule has 1 fully saturated rings. The molecule has 4 aromatic rings. The molecule has 0 radical (unpaired) electrons. The Balaban J connectivity index is 1.69. The zero-order chi connectivity index (χ0) is 38.2. The number of rotatable bonds is 11. The molecule has 4 atom stereocenters. The van der Waals surface area contributed by atoms with Crippen LogP contribution in [-0.2, 0) is 67.1 Å². The highest BCUT2D eigenvalue weighted by molar-refractivity contribution is 8.06. The smallest absolute Gasteiger partial charge is 0.340 e. The van der Waals surface area contributed by atoms with E-state index < -0.39 is 95.3 Å². The Morgan fingerprint density at radius 2 is 0.788 bits per heavy atom. The first-order valence-electron chi connectivity index (χ1n) is 15.3. The Morgan fingerprint density at radius 3 is 1.15 bits per heavy atom. The molecule has 1 aliphatic heterocycles. The van der Waals surface area contributed by atoms with Gasteiger partial charge in [-0.05, 0) is 76.2 Å². The van der Waals surface area contributed by atoms with Crippen LogP contribution in [0.1, 0.15) is 22.3 Å². The number of sulfone groups is 1. The fourth-order valence-electron chi connectivity index (χ4n) is 4.92. The SMILES string of the molecule is Cc1ccc(S(=O)(=O)OC2C(=O)OC(C(=O)S(=O)(=O)c3ccc(C)cc3)C(OS(=O)(=O)c3ccc(C)cc3)C2OS(=O)(=O)c2ccc(C)cc2)cc1. The van der Waals surface area contributed by atoms with Gasteiger partial charge >= 0.3 is 5.97 Å². The molecule has 0 amide bonds. The lowest BCUT2D eigenvalue weighted by atomic mass is 10.0. The number of aryl methyl sites for hydroxylation is 4. The quantitative estimate of drug-likeness (QED) is 0.158. The van der Waals surface area contributed by atoms with Crippen molar-refractivity contribution in [3.63, 3.8) is 0 Å². The molecule has 0 aromatic heterocycles. The number of esters is 1. The standard InChI is InChI=1S/C34H32O14S4/c1-21-5-13-25(14-6-21)49(37,38)34(36)32-30(47-51(41,42)27-17-9-23(3)10-18-27)29(46-50(39,40)26-15-7-22(2)8-16-26)31(33(35)45-32)48-52(43,44)28-19-11-24(4)12-20-28/h5-20,29-32H,1-4H3. The van der Waals surface area contributed by atoms with Crippen molar-refractivity contribution >= 4 is 51.3 Å². The summed E-state index contributed by atoms with van der Waals surface area (Å²) in [6.07, 6.45) is -10.7. The topological polar surface area (TPSA) is 208 Å². The predicted octanol–water partition coefficient (Wildman–Crippen LogP) is 3.47. The number of carbonyl (C=O) groups is 2. The molecular formula is C34H32O14S4. The third kappa shape index (κ3) is 8.33. The van der Waals surface area contributed by atoms with E-state index in [2.05, 4.69) is 0 Å². The Hall–Kier alpha value is -4.30. The summed E-state index contributed by atoms with van der Waals surface area (Å²) in [5.74, 6) is -1.77. The minimum absolute atomic E-state index is 0.504. The van der Waals surface area contributed by atoms with Crippen LogP contribution in [0.25, 0.3) is 0 Å². The summed E-state index contributed by atoms with van der Waals surface area (Å²) in [6, 6.07) is 19.9. The number of hydrogen-bond donors (Lipinski definition) is 0. The third-order valence-corrected chi connectivity index (χ3v) is 13.5. The van der Waals surface area contributed by atoms with Gasteiger partial charge < -0.3 is 4.74 Å². The van der Waals surface area contributed by atoms with E-state index >= 15 is 0 Å². The summed E-state index contributed by atoms with van der Waals surface area (Å²) in [7, 11) is -20.3. The Labute approximate surface area is 301 Å². The molecule has 1 saturated heterocycles. The second-order valence-electron chi connectivity index (χ2n) is 11.9. The normalized spacial score (nSPS) is 19.9. The van der Waals surface area contributed by atoms with Gasteiger partial charge in [-0.1, -0.05) is 70.8 Å². The largest absolute Gasteiger partial charge is 0.448 e. The number of cyclic esters (lactones) is 1. The first-order chi connectivity index (χ1) is 24.2. The van der Waals surface area contributed by atoms with Crippen LogP contribution in [0.15, 0.2) is 117 Å². The molecule has 0 saturated carbocycles. The van der Waals surface area contributed by atoms with Gasteiger partial charge in [0.05, 0.1) is 19.6 Å². The van der Waals surface area contributed by atoms with E-state index in [1.165, 1.54) is 48.5 Å². The van der Waals surface area contributed by atoms with Gasteiger partial charge in [-0.25, -0.2) is 17.4 Å². The van der Waals surface area contributed by atoms with Crippen LogP contribution in [0.2, 0.25) is 0 Å². The van der Waals surface area contributed by atoms with Gasteiger partial charge in [0.1, 0.15) is 6.10 Å². The van der Waals surface area contributed by atoms with Crippen LogP contribution < -0.4 is 0 Å². The van der Waals surface area contributed by atoms with Gasteiger partial charge in [-0.15, -0.1) is 0 Å². The molecule has 14 nitrogen and oxygen atoms in total. The number of carbonyl (C=O) groups excluding carboxylic acids is 2. The van der Waals surface area contributed by atoms with Crippen LogP contribution in [0.3, 0.4) is 0 Å². The van der Waals surface area contributed by atoms with Gasteiger partial charge in [0.25, 0.3) is 35.5 Å².